The Bertz CT molecular complexity index is 3590. The van der Waals surface area contributed by atoms with Crippen LogP contribution < -0.4 is 4.90 Å². The smallest absolute Gasteiger partial charge is 0.164 e. The van der Waals surface area contributed by atoms with Crippen LogP contribution in [0.3, 0.4) is 0 Å². The van der Waals surface area contributed by atoms with E-state index in [1.54, 1.807) is 0 Å². The number of hydrogen-bond acceptors (Lipinski definition) is 5. The number of anilines is 3. The topological polar surface area (TPSA) is 59.2 Å². The standard InChI is InChI=1S/C64H44N6/c1-5-15-45(16-6-1)47-24-30-53(31-25-47)62-66-63(54-32-26-48(27-33-54)46-17-7-2-8-18-46)68-64(67-62)55-34-28-49(29-35-55)50-36-40-57(41-37-50)70(56-21-11-4-12-22-56)58-42-38-51(39-43-58)60-61(52-19-9-3-10-20-52)69-44-14-13-23-59(69)65-60/h1-44H. The van der Waals surface area contributed by atoms with Crippen molar-refractivity contribution in [3.63, 3.8) is 0 Å². The van der Waals surface area contributed by atoms with Crippen molar-refractivity contribution in [3.05, 3.63) is 267 Å². The lowest BCUT2D eigenvalue weighted by Gasteiger charge is -2.26. The van der Waals surface area contributed by atoms with E-state index in [-0.39, 0.29) is 0 Å². The van der Waals surface area contributed by atoms with Crippen molar-refractivity contribution < 1.29 is 0 Å². The number of aromatic nitrogens is 5. The van der Waals surface area contributed by atoms with E-state index in [1.165, 1.54) is 0 Å². The van der Waals surface area contributed by atoms with Gasteiger partial charge in [0.25, 0.3) is 0 Å². The molecule has 330 valence electrons. The molecule has 70 heavy (non-hydrogen) atoms. The van der Waals surface area contributed by atoms with Crippen LogP contribution in [0.2, 0.25) is 0 Å². The van der Waals surface area contributed by atoms with Crippen LogP contribution in [0.15, 0.2) is 267 Å². The van der Waals surface area contributed by atoms with Gasteiger partial charge in [-0.2, -0.15) is 0 Å². The summed E-state index contributed by atoms with van der Waals surface area (Å²) >= 11 is 0. The Morgan fingerprint density at radius 2 is 0.557 bits per heavy atom. The number of fused-ring (bicyclic) bond motifs is 1. The third-order valence-electron chi connectivity index (χ3n) is 12.7. The predicted octanol–water partition coefficient (Wildman–Crippen LogP) is 16.3. The van der Waals surface area contributed by atoms with Gasteiger partial charge in [0.2, 0.25) is 0 Å². The predicted molar refractivity (Wildman–Crippen MR) is 287 cm³/mol. The third kappa shape index (κ3) is 8.42. The maximum Gasteiger partial charge on any atom is 0.164 e. The number of imidazole rings is 1. The zero-order valence-corrected chi connectivity index (χ0v) is 38.1. The van der Waals surface area contributed by atoms with Crippen LogP contribution in [-0.2, 0) is 0 Å². The first-order valence-corrected chi connectivity index (χ1v) is 23.5. The quantitative estimate of drug-likeness (QED) is 0.129. The Hall–Kier alpha value is -9.52. The van der Waals surface area contributed by atoms with Gasteiger partial charge < -0.3 is 4.90 Å². The van der Waals surface area contributed by atoms with Crippen LogP contribution in [-0.4, -0.2) is 24.3 Å². The molecule has 6 heteroatoms. The average Bonchev–Trinajstić information content (AvgIpc) is 3.84. The summed E-state index contributed by atoms with van der Waals surface area (Å²) in [4.78, 5) is 22.6. The second-order valence-corrected chi connectivity index (χ2v) is 17.1. The van der Waals surface area contributed by atoms with Gasteiger partial charge in [-0.3, -0.25) is 4.40 Å². The summed E-state index contributed by atoms with van der Waals surface area (Å²) in [5.41, 5.74) is 17.8. The number of para-hydroxylation sites is 1. The zero-order valence-electron chi connectivity index (χ0n) is 38.1. The molecule has 0 spiro atoms. The Morgan fingerprint density at radius 1 is 0.243 bits per heavy atom. The van der Waals surface area contributed by atoms with Crippen molar-refractivity contribution in [1.29, 1.82) is 0 Å². The lowest BCUT2D eigenvalue weighted by molar-refractivity contribution is 1.07. The molecule has 0 saturated heterocycles. The minimum Gasteiger partial charge on any atom is -0.311 e. The second kappa shape index (κ2) is 18.6. The Labute approximate surface area is 407 Å². The summed E-state index contributed by atoms with van der Waals surface area (Å²) in [5, 5.41) is 0. The van der Waals surface area contributed by atoms with Gasteiger partial charge in [0.05, 0.1) is 11.4 Å². The largest absolute Gasteiger partial charge is 0.311 e. The molecule has 12 rings (SSSR count). The monoisotopic (exact) mass is 896 g/mol. The Morgan fingerprint density at radius 3 is 0.986 bits per heavy atom. The fourth-order valence-corrected chi connectivity index (χ4v) is 9.12. The molecule has 3 aromatic heterocycles. The van der Waals surface area contributed by atoms with Crippen LogP contribution in [0, 0.1) is 0 Å². The van der Waals surface area contributed by atoms with Gasteiger partial charge in [0.1, 0.15) is 5.65 Å². The van der Waals surface area contributed by atoms with Crippen molar-refractivity contribution >= 4 is 22.7 Å². The summed E-state index contributed by atoms with van der Waals surface area (Å²) in [6.07, 6.45) is 2.08. The molecule has 6 nitrogen and oxygen atoms in total. The molecule has 0 N–H and O–H groups in total. The van der Waals surface area contributed by atoms with Crippen molar-refractivity contribution in [2.24, 2.45) is 0 Å². The molecule has 0 atom stereocenters. The van der Waals surface area contributed by atoms with E-state index in [2.05, 4.69) is 252 Å². The first-order chi connectivity index (χ1) is 34.7. The molecule has 3 heterocycles. The lowest BCUT2D eigenvalue weighted by Crippen LogP contribution is -2.09. The SMILES string of the molecule is c1ccc(-c2ccc(-c3nc(-c4ccc(-c5ccccc5)cc4)nc(-c4ccc(-c5ccc(N(c6ccccc6)c6ccc(-c7nc8ccccn8c7-c7ccccc7)cc6)cc5)cc4)n3)cc2)cc1. The van der Waals surface area contributed by atoms with E-state index in [0.29, 0.717) is 17.5 Å². The lowest BCUT2D eigenvalue weighted by atomic mass is 10.0. The third-order valence-corrected chi connectivity index (χ3v) is 12.7. The molecular formula is C64H44N6. The summed E-state index contributed by atoms with van der Waals surface area (Å²) in [6, 6.07) is 90.8. The second-order valence-electron chi connectivity index (χ2n) is 17.1. The fraction of sp³-hybridized carbons (Fsp3) is 0. The Balaban J connectivity index is 0.847. The molecule has 0 unspecified atom stereocenters. The van der Waals surface area contributed by atoms with Crippen LogP contribution in [0.1, 0.15) is 0 Å². The van der Waals surface area contributed by atoms with E-state index in [0.717, 1.165) is 95.3 Å². The van der Waals surface area contributed by atoms with Crippen LogP contribution in [0.25, 0.3) is 95.7 Å². The fourth-order valence-electron chi connectivity index (χ4n) is 9.12. The molecule has 0 aliphatic heterocycles. The highest BCUT2D eigenvalue weighted by Crippen LogP contribution is 2.39. The molecule has 0 amide bonds. The number of hydrogen-bond donors (Lipinski definition) is 0. The first-order valence-electron chi connectivity index (χ1n) is 23.5. The minimum atomic E-state index is 0.614. The van der Waals surface area contributed by atoms with Gasteiger partial charge in [-0.15, -0.1) is 0 Å². The number of nitrogens with zero attached hydrogens (tertiary/aromatic N) is 6. The van der Waals surface area contributed by atoms with E-state index in [4.69, 9.17) is 19.9 Å². The van der Waals surface area contributed by atoms with Crippen LogP contribution in [0.5, 0.6) is 0 Å². The summed E-state index contributed by atoms with van der Waals surface area (Å²) in [6.45, 7) is 0. The average molecular weight is 897 g/mol. The van der Waals surface area contributed by atoms with Crippen molar-refractivity contribution in [2.75, 3.05) is 4.90 Å². The van der Waals surface area contributed by atoms with Gasteiger partial charge in [0, 0.05) is 51.1 Å². The van der Waals surface area contributed by atoms with Gasteiger partial charge in [-0.25, -0.2) is 19.9 Å². The number of pyridine rings is 1. The van der Waals surface area contributed by atoms with Gasteiger partial charge in [-0.05, 0) is 81.9 Å². The minimum absolute atomic E-state index is 0.614. The van der Waals surface area contributed by atoms with Gasteiger partial charge in [0.15, 0.2) is 17.5 Å². The zero-order chi connectivity index (χ0) is 46.6. The highest BCUT2D eigenvalue weighted by Gasteiger charge is 2.19. The van der Waals surface area contributed by atoms with E-state index < -0.39 is 0 Å². The molecule has 9 aromatic carbocycles. The molecular weight excluding hydrogens is 853 g/mol. The van der Waals surface area contributed by atoms with Crippen LogP contribution in [0.4, 0.5) is 17.1 Å². The highest BCUT2D eigenvalue weighted by atomic mass is 15.1. The number of rotatable bonds is 11. The molecule has 0 fully saturated rings. The van der Waals surface area contributed by atoms with Crippen molar-refractivity contribution in [3.8, 4) is 90.1 Å². The van der Waals surface area contributed by atoms with Crippen molar-refractivity contribution in [2.45, 2.75) is 0 Å². The maximum absolute atomic E-state index is 5.11. The number of benzene rings is 9. The summed E-state index contributed by atoms with van der Waals surface area (Å²) in [7, 11) is 0. The van der Waals surface area contributed by atoms with E-state index in [9.17, 15) is 0 Å². The molecule has 0 radical (unpaired) electrons. The molecule has 0 aliphatic carbocycles. The molecule has 0 aliphatic rings. The van der Waals surface area contributed by atoms with Gasteiger partial charge >= 0.3 is 0 Å². The highest BCUT2D eigenvalue weighted by molar-refractivity contribution is 5.85. The summed E-state index contributed by atoms with van der Waals surface area (Å²) in [5.74, 6) is 1.86. The first kappa shape index (κ1) is 41.9. The van der Waals surface area contributed by atoms with E-state index >= 15 is 0 Å². The maximum atomic E-state index is 5.11. The van der Waals surface area contributed by atoms with Gasteiger partial charge in [-0.1, -0.05) is 212 Å². The normalized spacial score (nSPS) is 11.1. The van der Waals surface area contributed by atoms with E-state index in [1.807, 2.05) is 24.3 Å². The molecule has 12 aromatic rings. The summed E-state index contributed by atoms with van der Waals surface area (Å²) < 4.78 is 2.17. The van der Waals surface area contributed by atoms with Crippen LogP contribution >= 0.6 is 0 Å². The molecule has 0 saturated carbocycles. The Kier molecular flexibility index (Phi) is 11.1. The molecule has 0 bridgehead atoms. The van der Waals surface area contributed by atoms with Crippen molar-refractivity contribution in [1.82, 2.24) is 24.3 Å².